The smallest absolute Gasteiger partial charge is 0.236 e. The molecule has 1 aliphatic rings. The topological polar surface area (TPSA) is 40.6 Å². The Morgan fingerprint density at radius 3 is 2.54 bits per heavy atom. The van der Waals surface area contributed by atoms with Crippen molar-refractivity contribution < 1.29 is 9.59 Å². The van der Waals surface area contributed by atoms with Crippen LogP contribution in [0.2, 0.25) is 0 Å². The van der Waals surface area contributed by atoms with Crippen molar-refractivity contribution in [2.75, 3.05) is 32.9 Å². The summed E-state index contributed by atoms with van der Waals surface area (Å²) in [6, 6.07) is 8.05. The highest BCUT2D eigenvalue weighted by Gasteiger charge is 2.28. The van der Waals surface area contributed by atoms with Gasteiger partial charge in [-0.3, -0.25) is 14.5 Å². The first-order chi connectivity index (χ1) is 11.4. The van der Waals surface area contributed by atoms with Gasteiger partial charge < -0.3 is 4.90 Å². The van der Waals surface area contributed by atoms with Crippen LogP contribution in [-0.2, 0) is 4.79 Å². The van der Waals surface area contributed by atoms with Crippen LogP contribution in [-0.4, -0.2) is 60.5 Å². The van der Waals surface area contributed by atoms with E-state index in [-0.39, 0.29) is 23.7 Å². The number of piperidine rings is 1. The Hall–Kier alpha value is -1.33. The number of carbonyl (C=O) groups excluding carboxylic acids is 2. The Balaban J connectivity index is 1.96. The zero-order valence-corrected chi connectivity index (χ0v) is 15.9. The van der Waals surface area contributed by atoms with Crippen molar-refractivity contribution >= 4 is 23.5 Å². The molecule has 0 saturated carbocycles. The summed E-state index contributed by atoms with van der Waals surface area (Å²) in [6.45, 7) is 6.01. The molecule has 132 valence electrons. The lowest BCUT2D eigenvalue weighted by Crippen LogP contribution is -2.46. The Bertz CT molecular complexity index is 571. The fourth-order valence-corrected chi connectivity index (χ4v) is 3.40. The lowest BCUT2D eigenvalue weighted by molar-refractivity contribution is -0.132. The molecular weight excluding hydrogens is 320 g/mol. The van der Waals surface area contributed by atoms with Gasteiger partial charge in [0.25, 0.3) is 0 Å². The summed E-state index contributed by atoms with van der Waals surface area (Å²) in [6.07, 6.45) is 3.91. The lowest BCUT2D eigenvalue weighted by atomic mass is 9.90. The van der Waals surface area contributed by atoms with Crippen molar-refractivity contribution in [1.29, 1.82) is 0 Å². The minimum absolute atomic E-state index is 0.00367. The molecule has 0 bridgehead atoms. The van der Waals surface area contributed by atoms with Gasteiger partial charge in [0.05, 0.1) is 6.54 Å². The van der Waals surface area contributed by atoms with Crippen molar-refractivity contribution in [1.82, 2.24) is 9.80 Å². The normalized spacial score (nSPS) is 18.6. The summed E-state index contributed by atoms with van der Waals surface area (Å²) in [5.41, 5.74) is 0.783. The first-order valence-electron chi connectivity index (χ1n) is 8.58. The third-order valence-corrected chi connectivity index (χ3v) is 5.52. The van der Waals surface area contributed by atoms with E-state index >= 15 is 0 Å². The maximum atomic E-state index is 12.7. The number of ketones is 1. The molecule has 1 aromatic rings. The number of benzene rings is 1. The summed E-state index contributed by atoms with van der Waals surface area (Å²) in [5, 5.41) is 0. The zero-order chi connectivity index (χ0) is 17.7. The summed E-state index contributed by atoms with van der Waals surface area (Å²) < 4.78 is 0. The molecule has 24 heavy (non-hydrogen) atoms. The third kappa shape index (κ3) is 4.84. The SMILES string of the molecule is CSc1ccc(C(=O)C2CCCN(CC(=O)N(C)C(C)C)C2)cc1. The van der Waals surface area contributed by atoms with E-state index in [4.69, 9.17) is 0 Å². The number of carbonyl (C=O) groups is 2. The quantitative estimate of drug-likeness (QED) is 0.585. The van der Waals surface area contributed by atoms with Crippen LogP contribution in [0.5, 0.6) is 0 Å². The van der Waals surface area contributed by atoms with Gasteiger partial charge in [-0.1, -0.05) is 12.1 Å². The van der Waals surface area contributed by atoms with Gasteiger partial charge >= 0.3 is 0 Å². The van der Waals surface area contributed by atoms with Crippen molar-refractivity contribution in [3.05, 3.63) is 29.8 Å². The largest absolute Gasteiger partial charge is 0.342 e. The molecule has 0 aliphatic carbocycles. The van der Waals surface area contributed by atoms with Crippen molar-refractivity contribution in [2.24, 2.45) is 5.92 Å². The van der Waals surface area contributed by atoms with E-state index in [1.807, 2.05) is 51.4 Å². The third-order valence-electron chi connectivity index (χ3n) is 4.78. The molecule has 1 aromatic carbocycles. The Labute approximate surface area is 149 Å². The molecule has 1 fully saturated rings. The highest BCUT2D eigenvalue weighted by molar-refractivity contribution is 7.98. The first-order valence-corrected chi connectivity index (χ1v) is 9.81. The van der Waals surface area contributed by atoms with Gasteiger partial charge in [-0.05, 0) is 51.6 Å². The monoisotopic (exact) mass is 348 g/mol. The van der Waals surface area contributed by atoms with Crippen molar-refractivity contribution in [2.45, 2.75) is 37.6 Å². The minimum atomic E-state index is -0.00367. The predicted molar refractivity (Wildman–Crippen MR) is 99.6 cm³/mol. The summed E-state index contributed by atoms with van der Waals surface area (Å²) in [5.74, 6) is 0.329. The number of hydrogen-bond acceptors (Lipinski definition) is 4. The molecule has 0 spiro atoms. The summed E-state index contributed by atoms with van der Waals surface area (Å²) in [7, 11) is 1.84. The molecule has 1 unspecified atom stereocenters. The van der Waals surface area contributed by atoms with Crippen LogP contribution in [0.25, 0.3) is 0 Å². The fraction of sp³-hybridized carbons (Fsp3) is 0.579. The van der Waals surface area contributed by atoms with Crippen molar-refractivity contribution in [3.63, 3.8) is 0 Å². The van der Waals surface area contributed by atoms with Crippen LogP contribution in [0.4, 0.5) is 0 Å². The molecule has 1 heterocycles. The highest BCUT2D eigenvalue weighted by Crippen LogP contribution is 2.23. The van der Waals surface area contributed by atoms with Crippen LogP contribution >= 0.6 is 11.8 Å². The second-order valence-corrected chi connectivity index (χ2v) is 7.65. The Morgan fingerprint density at radius 1 is 1.29 bits per heavy atom. The van der Waals surface area contributed by atoms with Crippen LogP contribution in [0.1, 0.15) is 37.0 Å². The number of amides is 1. The molecule has 1 aliphatic heterocycles. The van der Waals surface area contributed by atoms with Crippen LogP contribution in [0.15, 0.2) is 29.2 Å². The van der Waals surface area contributed by atoms with Crippen LogP contribution in [0, 0.1) is 5.92 Å². The van der Waals surface area contributed by atoms with Gasteiger partial charge in [0.15, 0.2) is 5.78 Å². The van der Waals surface area contributed by atoms with E-state index in [1.165, 1.54) is 4.90 Å². The van der Waals surface area contributed by atoms with E-state index in [1.54, 1.807) is 16.7 Å². The number of thioether (sulfide) groups is 1. The number of rotatable bonds is 6. The molecule has 1 atom stereocenters. The predicted octanol–water partition coefficient (Wildman–Crippen LogP) is 3.17. The van der Waals surface area contributed by atoms with E-state index in [0.717, 1.165) is 24.9 Å². The maximum Gasteiger partial charge on any atom is 0.236 e. The molecule has 0 N–H and O–H groups in total. The molecular formula is C19H28N2O2S. The maximum absolute atomic E-state index is 12.7. The average molecular weight is 349 g/mol. The van der Waals surface area contributed by atoms with Gasteiger partial charge in [0, 0.05) is 36.0 Å². The zero-order valence-electron chi connectivity index (χ0n) is 15.1. The van der Waals surface area contributed by atoms with Gasteiger partial charge in [0.1, 0.15) is 0 Å². The number of nitrogens with zero attached hydrogens (tertiary/aromatic N) is 2. The summed E-state index contributed by atoms with van der Waals surface area (Å²) in [4.78, 5) is 30.1. The number of likely N-dealkylation sites (N-methyl/N-ethyl adjacent to an activating group) is 1. The first kappa shape index (κ1) is 19.0. The van der Waals surface area contributed by atoms with E-state index < -0.39 is 0 Å². The van der Waals surface area contributed by atoms with Gasteiger partial charge in [-0.25, -0.2) is 0 Å². The van der Waals surface area contributed by atoms with E-state index in [2.05, 4.69) is 4.90 Å². The number of likely N-dealkylation sites (tertiary alicyclic amines) is 1. The molecule has 2 rings (SSSR count). The average Bonchev–Trinajstić information content (AvgIpc) is 2.60. The Kier molecular flexibility index (Phi) is 6.87. The molecule has 0 aromatic heterocycles. The van der Waals surface area contributed by atoms with Crippen LogP contribution in [0.3, 0.4) is 0 Å². The second-order valence-electron chi connectivity index (χ2n) is 6.77. The van der Waals surface area contributed by atoms with E-state index in [0.29, 0.717) is 13.1 Å². The number of Topliss-reactive ketones (excluding diaryl/α,β-unsaturated/α-hetero) is 1. The van der Waals surface area contributed by atoms with Crippen LogP contribution < -0.4 is 0 Å². The second kappa shape index (κ2) is 8.67. The van der Waals surface area contributed by atoms with E-state index in [9.17, 15) is 9.59 Å². The highest BCUT2D eigenvalue weighted by atomic mass is 32.2. The fourth-order valence-electron chi connectivity index (χ4n) is 2.99. The number of hydrogen-bond donors (Lipinski definition) is 0. The lowest BCUT2D eigenvalue weighted by Gasteiger charge is -2.33. The summed E-state index contributed by atoms with van der Waals surface area (Å²) >= 11 is 1.68. The molecule has 1 amide bonds. The Morgan fingerprint density at radius 2 is 1.96 bits per heavy atom. The van der Waals surface area contributed by atoms with Gasteiger partial charge in [0.2, 0.25) is 5.91 Å². The molecule has 0 radical (unpaired) electrons. The minimum Gasteiger partial charge on any atom is -0.342 e. The van der Waals surface area contributed by atoms with Gasteiger partial charge in [-0.15, -0.1) is 11.8 Å². The molecule has 1 saturated heterocycles. The van der Waals surface area contributed by atoms with Crippen molar-refractivity contribution in [3.8, 4) is 0 Å². The standard InChI is InChI=1S/C19H28N2O2S/c1-14(2)20(3)18(22)13-21-11-5-6-16(12-21)19(23)15-7-9-17(24-4)10-8-15/h7-10,14,16H,5-6,11-13H2,1-4H3. The molecule has 4 nitrogen and oxygen atoms in total. The molecule has 5 heteroatoms. The van der Waals surface area contributed by atoms with Gasteiger partial charge in [-0.2, -0.15) is 0 Å².